The Hall–Kier alpha value is -0.240. The van der Waals surface area contributed by atoms with Gasteiger partial charge in [-0.2, -0.15) is 0 Å². The van der Waals surface area contributed by atoms with Crippen molar-refractivity contribution in [3.05, 3.63) is 11.6 Å². The normalized spacial score (nSPS) is 24.8. The van der Waals surface area contributed by atoms with Crippen molar-refractivity contribution in [1.82, 2.24) is 0 Å². The van der Waals surface area contributed by atoms with Crippen LogP contribution in [0.1, 0.15) is 25.7 Å². The van der Waals surface area contributed by atoms with E-state index in [0.717, 1.165) is 0 Å². The van der Waals surface area contributed by atoms with Gasteiger partial charge in [0.25, 0.3) is 0 Å². The Kier molecular flexibility index (Phi) is 1.80. The second kappa shape index (κ2) is 2.79. The minimum Gasteiger partial charge on any atom is -0.221 e. The summed E-state index contributed by atoms with van der Waals surface area (Å²) < 4.78 is 4.38. The number of nitrogens with zero attached hydrogens (tertiary/aromatic N) is 1. The first-order valence-corrected chi connectivity index (χ1v) is 4.79. The summed E-state index contributed by atoms with van der Waals surface area (Å²) in [5.74, 6) is 1.20. The molecule has 0 fully saturated rings. The molecule has 0 saturated heterocycles. The van der Waals surface area contributed by atoms with Gasteiger partial charge in [-0.25, -0.2) is 4.40 Å². The Balaban J connectivity index is 2.10. The van der Waals surface area contributed by atoms with E-state index in [1.165, 1.54) is 42.7 Å². The Morgan fingerprint density at radius 2 is 2.40 bits per heavy atom. The lowest BCUT2D eigenvalue weighted by atomic mass is 10.1. The van der Waals surface area contributed by atoms with Gasteiger partial charge in [-0.05, 0) is 36.8 Å². The average Bonchev–Trinajstić information content (AvgIpc) is 2.59. The fraction of sp³-hybridized carbons (Fsp3) is 0.625. The molecule has 1 nitrogen and oxygen atoms in total. The molecule has 0 aromatic rings. The maximum atomic E-state index is 4.38. The Bertz CT molecular complexity index is 171. The van der Waals surface area contributed by atoms with E-state index in [1.807, 2.05) is 0 Å². The van der Waals surface area contributed by atoms with Crippen LogP contribution in [0, 0.1) is 0 Å². The summed E-state index contributed by atoms with van der Waals surface area (Å²) in [6.45, 7) is 0. The van der Waals surface area contributed by atoms with Gasteiger partial charge in [-0.15, -0.1) is 0 Å². The van der Waals surface area contributed by atoms with Gasteiger partial charge < -0.3 is 0 Å². The van der Waals surface area contributed by atoms with Crippen molar-refractivity contribution in [2.24, 2.45) is 4.40 Å². The summed E-state index contributed by atoms with van der Waals surface area (Å²) in [6, 6.07) is 0. The van der Waals surface area contributed by atoms with Gasteiger partial charge in [0.2, 0.25) is 0 Å². The first-order valence-electron chi connectivity index (χ1n) is 3.85. The molecular formula is C8H11NS. The fourth-order valence-electron chi connectivity index (χ4n) is 1.46. The van der Waals surface area contributed by atoms with Crippen molar-refractivity contribution in [3.63, 3.8) is 0 Å². The summed E-state index contributed by atoms with van der Waals surface area (Å²) in [5, 5.41) is 0. The maximum absolute atomic E-state index is 4.38. The van der Waals surface area contributed by atoms with Crippen LogP contribution in [0.3, 0.4) is 0 Å². The Morgan fingerprint density at radius 1 is 1.40 bits per heavy atom. The van der Waals surface area contributed by atoms with Crippen LogP contribution in [-0.4, -0.2) is 11.5 Å². The Labute approximate surface area is 65.7 Å². The highest BCUT2D eigenvalue weighted by molar-refractivity contribution is 7.98. The molecule has 2 rings (SSSR count). The quantitative estimate of drug-likeness (QED) is 0.527. The number of hydrogen-bond donors (Lipinski definition) is 0. The third kappa shape index (κ3) is 1.12. The molecule has 0 aromatic heterocycles. The molecule has 0 spiro atoms. The molecular weight excluding hydrogens is 142 g/mol. The molecule has 0 aromatic carbocycles. The first-order chi connectivity index (χ1) is 4.97. The first kappa shape index (κ1) is 6.47. The minimum atomic E-state index is 1.20. The lowest BCUT2D eigenvalue weighted by Crippen LogP contribution is -1.96. The molecule has 0 bridgehead atoms. The van der Waals surface area contributed by atoms with Gasteiger partial charge in [0.05, 0.1) is 5.71 Å². The average molecular weight is 153 g/mol. The van der Waals surface area contributed by atoms with Crippen molar-refractivity contribution in [2.75, 3.05) is 5.75 Å². The number of rotatable bonds is 1. The molecule has 0 saturated carbocycles. The van der Waals surface area contributed by atoms with Crippen LogP contribution < -0.4 is 0 Å². The highest BCUT2D eigenvalue weighted by Crippen LogP contribution is 2.26. The van der Waals surface area contributed by atoms with Crippen molar-refractivity contribution >= 4 is 17.7 Å². The molecule has 2 aliphatic rings. The smallest absolute Gasteiger partial charge is 0.0524 e. The van der Waals surface area contributed by atoms with E-state index in [4.69, 9.17) is 0 Å². The molecule has 0 atom stereocenters. The van der Waals surface area contributed by atoms with E-state index in [1.54, 1.807) is 11.9 Å². The largest absolute Gasteiger partial charge is 0.221 e. The van der Waals surface area contributed by atoms with Crippen molar-refractivity contribution in [1.29, 1.82) is 0 Å². The highest BCUT2D eigenvalue weighted by atomic mass is 32.2. The van der Waals surface area contributed by atoms with Gasteiger partial charge in [0.1, 0.15) is 0 Å². The molecule has 0 amide bonds. The van der Waals surface area contributed by atoms with Crippen LogP contribution >= 0.6 is 11.9 Å². The van der Waals surface area contributed by atoms with Gasteiger partial charge in [-0.1, -0.05) is 6.08 Å². The summed E-state index contributed by atoms with van der Waals surface area (Å²) in [4.78, 5) is 0. The molecule has 2 heteroatoms. The molecule has 1 aliphatic carbocycles. The summed E-state index contributed by atoms with van der Waals surface area (Å²) in [5.41, 5.74) is 2.91. The van der Waals surface area contributed by atoms with E-state index in [0.29, 0.717) is 0 Å². The Morgan fingerprint density at radius 3 is 3.00 bits per heavy atom. The monoisotopic (exact) mass is 153 g/mol. The predicted molar refractivity (Wildman–Crippen MR) is 46.4 cm³/mol. The molecule has 1 aliphatic heterocycles. The molecule has 0 radical (unpaired) electrons. The zero-order valence-corrected chi connectivity index (χ0v) is 6.78. The lowest BCUT2D eigenvalue weighted by Gasteiger charge is -1.96. The topological polar surface area (TPSA) is 12.4 Å². The fourth-order valence-corrected chi connectivity index (χ4v) is 2.20. The standard InChI is InChI=1S/C8H11NS/c1-2-4-7(3-1)8-5-6-10-9-8/h3H,1-2,4-6H2. The van der Waals surface area contributed by atoms with Crippen molar-refractivity contribution in [3.8, 4) is 0 Å². The van der Waals surface area contributed by atoms with Crippen LogP contribution in [0.2, 0.25) is 0 Å². The van der Waals surface area contributed by atoms with Crippen LogP contribution in [0.25, 0.3) is 0 Å². The zero-order valence-electron chi connectivity index (χ0n) is 5.97. The van der Waals surface area contributed by atoms with E-state index >= 15 is 0 Å². The molecule has 1 heterocycles. The summed E-state index contributed by atoms with van der Waals surface area (Å²) in [7, 11) is 0. The predicted octanol–water partition coefficient (Wildman–Crippen LogP) is 2.59. The third-order valence-electron chi connectivity index (χ3n) is 2.02. The second-order valence-electron chi connectivity index (χ2n) is 2.74. The van der Waals surface area contributed by atoms with Crippen LogP contribution in [0.4, 0.5) is 0 Å². The van der Waals surface area contributed by atoms with E-state index in [2.05, 4.69) is 10.5 Å². The van der Waals surface area contributed by atoms with Crippen LogP contribution in [0.5, 0.6) is 0 Å². The molecule has 0 unspecified atom stereocenters. The lowest BCUT2D eigenvalue weighted by molar-refractivity contribution is 0.919. The second-order valence-corrected chi connectivity index (χ2v) is 3.59. The van der Waals surface area contributed by atoms with E-state index < -0.39 is 0 Å². The summed E-state index contributed by atoms with van der Waals surface area (Å²) >= 11 is 1.72. The third-order valence-corrected chi connectivity index (χ3v) is 2.75. The van der Waals surface area contributed by atoms with Crippen LogP contribution in [-0.2, 0) is 0 Å². The van der Waals surface area contributed by atoms with Crippen molar-refractivity contribution in [2.45, 2.75) is 25.7 Å². The number of hydrogen-bond acceptors (Lipinski definition) is 2. The van der Waals surface area contributed by atoms with Crippen LogP contribution in [0.15, 0.2) is 16.0 Å². The van der Waals surface area contributed by atoms with E-state index in [-0.39, 0.29) is 0 Å². The zero-order chi connectivity index (χ0) is 6.81. The van der Waals surface area contributed by atoms with Gasteiger partial charge in [-0.3, -0.25) is 0 Å². The molecule has 10 heavy (non-hydrogen) atoms. The summed E-state index contributed by atoms with van der Waals surface area (Å²) in [6.07, 6.45) is 7.46. The molecule has 54 valence electrons. The van der Waals surface area contributed by atoms with Gasteiger partial charge >= 0.3 is 0 Å². The molecule has 0 N–H and O–H groups in total. The van der Waals surface area contributed by atoms with Gasteiger partial charge in [0, 0.05) is 12.2 Å². The number of allylic oxidation sites excluding steroid dienone is 2. The maximum Gasteiger partial charge on any atom is 0.0524 e. The van der Waals surface area contributed by atoms with E-state index in [9.17, 15) is 0 Å². The SMILES string of the molecule is C1=C(C2=NSCC2)CCC1. The van der Waals surface area contributed by atoms with Gasteiger partial charge in [0.15, 0.2) is 0 Å². The minimum absolute atomic E-state index is 1.20. The van der Waals surface area contributed by atoms with Crippen molar-refractivity contribution < 1.29 is 0 Å². The highest BCUT2D eigenvalue weighted by Gasteiger charge is 2.14.